The first-order valence-corrected chi connectivity index (χ1v) is 6.50. The first-order valence-electron chi connectivity index (χ1n) is 7.50. The van der Waals surface area contributed by atoms with E-state index in [2.05, 4.69) is 4.90 Å². The van der Waals surface area contributed by atoms with E-state index in [0.717, 1.165) is 51.0 Å². The lowest BCUT2D eigenvalue weighted by Crippen LogP contribution is -2.31. The normalized spacial score (nSPS) is 41.3. The number of rotatable bonds is 2. The van der Waals surface area contributed by atoms with Crippen molar-refractivity contribution in [3.8, 4) is 0 Å². The van der Waals surface area contributed by atoms with Gasteiger partial charge in [-0.3, -0.25) is 0 Å². The summed E-state index contributed by atoms with van der Waals surface area (Å²) in [7, 11) is 0. The van der Waals surface area contributed by atoms with E-state index in [1.165, 1.54) is 19.3 Å². The average Bonchev–Trinajstić information content (AvgIpc) is 2.90. The van der Waals surface area contributed by atoms with Crippen LogP contribution in [0.1, 0.15) is 34.8 Å². The van der Waals surface area contributed by atoms with Crippen LogP contribution in [0.3, 0.4) is 0 Å². The minimum Gasteiger partial charge on any atom is -0.381 e. The van der Waals surface area contributed by atoms with E-state index in [1.54, 1.807) is 0 Å². The molecule has 2 saturated heterocycles. The average molecular weight is 211 g/mol. The molecule has 0 aromatic heterocycles. The van der Waals surface area contributed by atoms with Crippen LogP contribution in [0.2, 0.25) is 0 Å². The fourth-order valence-corrected chi connectivity index (χ4v) is 3.43. The van der Waals surface area contributed by atoms with Crippen LogP contribution in [-0.2, 0) is 4.74 Å². The van der Waals surface area contributed by atoms with Crippen molar-refractivity contribution < 1.29 is 7.48 Å². The Bertz CT molecular complexity index is 267. The van der Waals surface area contributed by atoms with Crippen LogP contribution < -0.4 is 0 Å². The van der Waals surface area contributed by atoms with Crippen LogP contribution >= 0.6 is 0 Å². The molecule has 15 heavy (non-hydrogen) atoms. The van der Waals surface area contributed by atoms with Gasteiger partial charge in [0.25, 0.3) is 0 Å². The van der Waals surface area contributed by atoms with Crippen LogP contribution in [0.15, 0.2) is 0 Å². The molecule has 0 bridgehead atoms. The highest BCUT2D eigenvalue weighted by atomic mass is 16.5. The summed E-state index contributed by atoms with van der Waals surface area (Å²) in [6, 6.07) is 0. The van der Waals surface area contributed by atoms with Crippen LogP contribution in [0.25, 0.3) is 0 Å². The Kier molecular flexibility index (Phi) is 2.38. The third-order valence-corrected chi connectivity index (χ3v) is 4.31. The van der Waals surface area contributed by atoms with E-state index in [9.17, 15) is 0 Å². The molecule has 86 valence electrons. The lowest BCUT2D eigenvalue weighted by Gasteiger charge is -2.27. The van der Waals surface area contributed by atoms with Crippen LogP contribution in [0.4, 0.5) is 0 Å². The Labute approximate surface area is 95.8 Å². The molecular weight excluding hydrogens is 186 g/mol. The Hall–Kier alpha value is -0.0800. The predicted octanol–water partition coefficient (Wildman–Crippen LogP) is 2.14. The molecule has 2 aliphatic heterocycles. The topological polar surface area (TPSA) is 12.5 Å². The minimum absolute atomic E-state index is 0.176. The van der Waals surface area contributed by atoms with Crippen molar-refractivity contribution in [1.29, 1.82) is 0 Å². The van der Waals surface area contributed by atoms with Gasteiger partial charge in [0, 0.05) is 35.5 Å². The fourth-order valence-electron chi connectivity index (χ4n) is 3.43. The zero-order valence-corrected chi connectivity index (χ0v) is 9.45. The van der Waals surface area contributed by atoms with Gasteiger partial charge in [0.15, 0.2) is 0 Å². The van der Waals surface area contributed by atoms with Crippen LogP contribution in [-0.4, -0.2) is 37.7 Å². The lowest BCUT2D eigenvalue weighted by molar-refractivity contribution is 0.0546. The van der Waals surface area contributed by atoms with Crippen molar-refractivity contribution in [2.75, 3.05) is 32.8 Å². The molecule has 2 heterocycles. The Balaban J connectivity index is 1.66. The maximum Gasteiger partial charge on any atom is 0.0469 e. The summed E-state index contributed by atoms with van der Waals surface area (Å²) in [5.74, 6) is 1.74. The van der Waals surface area contributed by atoms with E-state index in [-0.39, 0.29) is 5.92 Å². The molecule has 2 atom stereocenters. The highest BCUT2D eigenvalue weighted by molar-refractivity contribution is 4.89. The van der Waals surface area contributed by atoms with Crippen molar-refractivity contribution in [3.63, 3.8) is 0 Å². The van der Waals surface area contributed by atoms with E-state index >= 15 is 0 Å². The number of fused-ring (bicyclic) bond motifs is 1. The van der Waals surface area contributed by atoms with Gasteiger partial charge in [0.1, 0.15) is 0 Å². The Morgan fingerprint density at radius 3 is 2.40 bits per heavy atom. The second-order valence-corrected chi connectivity index (χ2v) is 5.37. The summed E-state index contributed by atoms with van der Waals surface area (Å²) in [6.45, 7) is 2.37. The lowest BCUT2D eigenvalue weighted by atomic mass is 10.00. The monoisotopic (exact) mass is 211 g/mol. The molecule has 0 aromatic carbocycles. The van der Waals surface area contributed by atoms with Gasteiger partial charge in [-0.25, -0.2) is 0 Å². The second-order valence-electron chi connectivity index (χ2n) is 5.37. The number of hydrogen-bond acceptors (Lipinski definition) is 2. The van der Waals surface area contributed by atoms with Crippen molar-refractivity contribution >= 4 is 0 Å². The van der Waals surface area contributed by atoms with E-state index in [4.69, 9.17) is 7.48 Å². The molecule has 3 aliphatic rings. The summed E-state index contributed by atoms with van der Waals surface area (Å²) in [5, 5.41) is 0. The predicted molar refractivity (Wildman–Crippen MR) is 60.8 cm³/mol. The van der Waals surface area contributed by atoms with Crippen molar-refractivity contribution in [2.45, 2.75) is 32.1 Å². The molecule has 2 heteroatoms. The molecule has 0 N–H and O–H groups in total. The number of ether oxygens (including phenoxy) is 1. The van der Waals surface area contributed by atoms with Gasteiger partial charge in [-0.15, -0.1) is 0 Å². The van der Waals surface area contributed by atoms with Gasteiger partial charge in [0.05, 0.1) is 0 Å². The number of hydrogen-bond donors (Lipinski definition) is 0. The van der Waals surface area contributed by atoms with Gasteiger partial charge in [0.2, 0.25) is 0 Å². The highest BCUT2D eigenvalue weighted by Gasteiger charge is 2.36. The SMILES string of the molecule is [2H]C([2H])(C1CCOCC1)N1C[C@H]2CCC[C@H]2C1. The van der Waals surface area contributed by atoms with Crippen LogP contribution in [0, 0.1) is 17.8 Å². The molecule has 1 saturated carbocycles. The minimum atomic E-state index is -1.10. The highest BCUT2D eigenvalue weighted by Crippen LogP contribution is 2.38. The maximum absolute atomic E-state index is 8.43. The van der Waals surface area contributed by atoms with E-state index in [0.29, 0.717) is 0 Å². The number of nitrogens with zero attached hydrogens (tertiary/aromatic N) is 1. The Morgan fingerprint density at radius 1 is 1.07 bits per heavy atom. The molecule has 0 aromatic rings. The van der Waals surface area contributed by atoms with Crippen LogP contribution in [0.5, 0.6) is 0 Å². The zero-order chi connectivity index (χ0) is 11.9. The molecular formula is C13H23NO. The maximum atomic E-state index is 8.43. The molecule has 0 radical (unpaired) electrons. The van der Waals surface area contributed by atoms with Gasteiger partial charge in [-0.05, 0) is 43.4 Å². The summed E-state index contributed by atoms with van der Waals surface area (Å²) in [6.07, 6.45) is 5.79. The molecule has 0 unspecified atom stereocenters. The summed E-state index contributed by atoms with van der Waals surface area (Å²) in [4.78, 5) is 2.14. The second kappa shape index (κ2) is 4.42. The Morgan fingerprint density at radius 2 is 1.73 bits per heavy atom. The summed E-state index contributed by atoms with van der Waals surface area (Å²) >= 11 is 0. The molecule has 3 rings (SSSR count). The fraction of sp³-hybridized carbons (Fsp3) is 1.00. The van der Waals surface area contributed by atoms with E-state index in [1.807, 2.05) is 0 Å². The summed E-state index contributed by atoms with van der Waals surface area (Å²) < 4.78 is 22.2. The third-order valence-electron chi connectivity index (χ3n) is 4.31. The third kappa shape index (κ3) is 2.21. The molecule has 3 fully saturated rings. The quantitative estimate of drug-likeness (QED) is 0.694. The van der Waals surface area contributed by atoms with Gasteiger partial charge in [-0.1, -0.05) is 6.42 Å². The first-order chi connectivity index (χ1) is 8.18. The van der Waals surface area contributed by atoms with Crippen molar-refractivity contribution in [2.24, 2.45) is 17.8 Å². The molecule has 0 spiro atoms. The molecule has 2 nitrogen and oxygen atoms in total. The zero-order valence-electron chi connectivity index (χ0n) is 11.5. The molecule has 1 aliphatic carbocycles. The van der Waals surface area contributed by atoms with Gasteiger partial charge >= 0.3 is 0 Å². The van der Waals surface area contributed by atoms with Crippen molar-refractivity contribution in [3.05, 3.63) is 0 Å². The number of likely N-dealkylation sites (tertiary alicyclic amines) is 1. The standard InChI is InChI=1S/C13H23NO/c1-2-12-9-14(10-13(12)3-1)8-11-4-6-15-7-5-11/h11-13H,1-10H2/t12-,13+/i8D2. The molecule has 0 amide bonds. The first kappa shape index (κ1) is 8.08. The van der Waals surface area contributed by atoms with Crippen molar-refractivity contribution in [1.82, 2.24) is 4.90 Å². The van der Waals surface area contributed by atoms with Gasteiger partial charge in [-0.2, -0.15) is 0 Å². The smallest absolute Gasteiger partial charge is 0.0469 e. The van der Waals surface area contributed by atoms with Gasteiger partial charge < -0.3 is 9.64 Å². The summed E-state index contributed by atoms with van der Waals surface area (Å²) in [5.41, 5.74) is 0. The largest absolute Gasteiger partial charge is 0.381 e. The van der Waals surface area contributed by atoms with E-state index < -0.39 is 6.50 Å².